The number of hydrogen-bond donors (Lipinski definition) is 0. The van der Waals surface area contributed by atoms with Crippen molar-refractivity contribution in [1.29, 1.82) is 0 Å². The molecule has 344 valence electrons. The number of halogens is 8. The second-order valence-corrected chi connectivity index (χ2v) is 18.0. The summed E-state index contributed by atoms with van der Waals surface area (Å²) in [7, 11) is 0. The molecule has 0 bridgehead atoms. The molecule has 0 amide bonds. The first kappa shape index (κ1) is 47.5. The van der Waals surface area contributed by atoms with Crippen molar-refractivity contribution >= 4 is 11.6 Å². The third-order valence-corrected chi connectivity index (χ3v) is 12.1. The molecule has 1 aliphatic rings. The third-order valence-electron chi connectivity index (χ3n) is 12.1. The molecular weight excluding hydrogens is 869 g/mol. The molecule has 1 fully saturated rings. The maximum Gasteiger partial charge on any atom is 0.205 e. The molecule has 0 heterocycles. The highest BCUT2D eigenvalue weighted by Gasteiger charge is 2.35. The van der Waals surface area contributed by atoms with Gasteiger partial charge >= 0.3 is 0 Å². The Morgan fingerprint density at radius 1 is 0.470 bits per heavy atom. The van der Waals surface area contributed by atoms with E-state index >= 15 is 17.6 Å². The summed E-state index contributed by atoms with van der Waals surface area (Å²) < 4.78 is 138. The zero-order valence-corrected chi connectivity index (χ0v) is 37.0. The molecule has 0 N–H and O–H groups in total. The van der Waals surface area contributed by atoms with Gasteiger partial charge in [0.15, 0.2) is 46.5 Å². The number of ketones is 2. The fourth-order valence-electron chi connectivity index (χ4n) is 8.05. The van der Waals surface area contributed by atoms with E-state index in [1.807, 2.05) is 12.1 Å². The van der Waals surface area contributed by atoms with Crippen molar-refractivity contribution < 1.29 is 58.9 Å². The van der Waals surface area contributed by atoms with E-state index in [1.165, 1.54) is 62.7 Å². The number of benzene rings is 6. The molecule has 0 saturated heterocycles. The van der Waals surface area contributed by atoms with Gasteiger partial charge in [0.05, 0.1) is 0 Å². The molecule has 66 heavy (non-hydrogen) atoms. The Hall–Kier alpha value is -6.50. The lowest BCUT2D eigenvalue weighted by atomic mass is 9.76. The fourth-order valence-corrected chi connectivity index (χ4v) is 8.05. The highest BCUT2D eigenvalue weighted by molar-refractivity contribution is 6.10. The van der Waals surface area contributed by atoms with E-state index in [-0.39, 0.29) is 39.9 Å². The molecule has 0 radical (unpaired) electrons. The molecule has 6 aromatic rings. The normalized spacial score (nSPS) is 15.4. The van der Waals surface area contributed by atoms with E-state index in [0.29, 0.717) is 5.92 Å². The van der Waals surface area contributed by atoms with Gasteiger partial charge in [0.25, 0.3) is 0 Å². The Labute approximate surface area is 377 Å². The molecule has 13 heteroatoms. The number of hydrogen-bond acceptors (Lipinski definition) is 5. The van der Waals surface area contributed by atoms with Gasteiger partial charge in [0.2, 0.25) is 17.4 Å². The zero-order chi connectivity index (χ0) is 47.8. The summed E-state index contributed by atoms with van der Waals surface area (Å²) in [6.45, 7) is 10.2. The van der Waals surface area contributed by atoms with E-state index in [1.54, 1.807) is 12.1 Å². The van der Waals surface area contributed by atoms with Gasteiger partial charge in [0, 0.05) is 16.7 Å². The molecular formula is C53H46F8O5. The minimum atomic E-state index is -1.96. The van der Waals surface area contributed by atoms with E-state index in [4.69, 9.17) is 14.2 Å². The number of rotatable bonds is 13. The molecule has 6 aromatic carbocycles. The average Bonchev–Trinajstić information content (AvgIpc) is 3.29. The van der Waals surface area contributed by atoms with E-state index in [2.05, 4.69) is 32.9 Å². The molecule has 0 unspecified atom stereocenters. The number of carbonyl (C=O) groups is 2. The average molecular weight is 915 g/mol. The van der Waals surface area contributed by atoms with Crippen molar-refractivity contribution in [3.05, 3.63) is 183 Å². The highest BCUT2D eigenvalue weighted by atomic mass is 19.2. The van der Waals surface area contributed by atoms with E-state index in [0.717, 1.165) is 67.7 Å². The molecule has 7 rings (SSSR count). The van der Waals surface area contributed by atoms with Crippen LogP contribution in [0.15, 0.2) is 97.1 Å². The van der Waals surface area contributed by atoms with E-state index in [9.17, 15) is 27.2 Å². The lowest BCUT2D eigenvalue weighted by Crippen LogP contribution is -2.26. The lowest BCUT2D eigenvalue weighted by Gasteiger charge is -2.29. The topological polar surface area (TPSA) is 61.8 Å². The van der Waals surface area contributed by atoms with Crippen molar-refractivity contribution in [2.45, 2.75) is 96.5 Å². The van der Waals surface area contributed by atoms with Crippen LogP contribution in [0.5, 0.6) is 28.7 Å². The standard InChI is InChI=1S/C53H46F8O5/c1-7-53(5,6)66-37-26-14-31(15-27-37)29-10-8-28(9-11-29)30-12-20-36(21-13-30)65-51-47(60)43(56)39(44(57)48(51)61)50(63)33-18-24-35(25-19-33)64-34-22-16-32(17-23-34)49(62)38-41(54)45(58)40(52(2,3)4)46(59)42(38)55/h12-29H,7-11H2,1-6H3. The predicted molar refractivity (Wildman–Crippen MR) is 233 cm³/mol. The number of carbonyl (C=O) groups excluding carboxylic acids is 2. The van der Waals surface area contributed by atoms with Crippen LogP contribution in [0, 0.1) is 46.5 Å². The van der Waals surface area contributed by atoms with Gasteiger partial charge < -0.3 is 14.2 Å². The van der Waals surface area contributed by atoms with Crippen LogP contribution in [-0.4, -0.2) is 17.2 Å². The SMILES string of the molecule is CCC(C)(C)Oc1ccc(C2CCC(c3ccc(Oc4c(F)c(F)c(C(=O)c5ccc(Oc6ccc(C(=O)c7c(F)c(F)c(C(C)(C)C)c(F)c7F)cc6)cc5)c(F)c4F)cc3)CC2)cc1. The minimum absolute atomic E-state index is 0.0500. The first-order valence-corrected chi connectivity index (χ1v) is 21.5. The van der Waals surface area contributed by atoms with Crippen molar-refractivity contribution in [3.8, 4) is 28.7 Å². The molecule has 0 spiro atoms. The van der Waals surface area contributed by atoms with Crippen LogP contribution < -0.4 is 14.2 Å². The Bertz CT molecular complexity index is 2710. The van der Waals surface area contributed by atoms with Gasteiger partial charge in [-0.1, -0.05) is 52.0 Å². The largest absolute Gasteiger partial charge is 0.488 e. The summed E-state index contributed by atoms with van der Waals surface area (Å²) in [4.78, 5) is 26.2. The minimum Gasteiger partial charge on any atom is -0.488 e. The molecule has 1 saturated carbocycles. The molecule has 0 atom stereocenters. The summed E-state index contributed by atoms with van der Waals surface area (Å²) in [5, 5.41) is 0. The van der Waals surface area contributed by atoms with Gasteiger partial charge in [0.1, 0.15) is 39.7 Å². The van der Waals surface area contributed by atoms with Crippen LogP contribution in [0.3, 0.4) is 0 Å². The van der Waals surface area contributed by atoms with Crippen molar-refractivity contribution in [2.24, 2.45) is 0 Å². The second-order valence-electron chi connectivity index (χ2n) is 18.0. The monoisotopic (exact) mass is 914 g/mol. The molecule has 0 aromatic heterocycles. The Morgan fingerprint density at radius 2 is 0.803 bits per heavy atom. The predicted octanol–water partition coefficient (Wildman–Crippen LogP) is 15.2. The Morgan fingerprint density at radius 3 is 1.17 bits per heavy atom. The summed E-state index contributed by atoms with van der Waals surface area (Å²) in [6.07, 6.45) is 4.62. The van der Waals surface area contributed by atoms with Gasteiger partial charge in [-0.3, -0.25) is 9.59 Å². The summed E-state index contributed by atoms with van der Waals surface area (Å²) in [6, 6.07) is 23.9. The smallest absolute Gasteiger partial charge is 0.205 e. The van der Waals surface area contributed by atoms with Gasteiger partial charge in [-0.05, 0) is 147 Å². The maximum absolute atomic E-state index is 15.4. The van der Waals surface area contributed by atoms with Crippen LogP contribution in [0.4, 0.5) is 35.1 Å². The lowest BCUT2D eigenvalue weighted by molar-refractivity contribution is 0.102. The van der Waals surface area contributed by atoms with Crippen LogP contribution in [0.2, 0.25) is 0 Å². The first-order chi connectivity index (χ1) is 31.2. The van der Waals surface area contributed by atoms with Crippen LogP contribution in [0.1, 0.15) is 134 Å². The summed E-state index contributed by atoms with van der Waals surface area (Å²) >= 11 is 0. The van der Waals surface area contributed by atoms with Crippen LogP contribution in [0.25, 0.3) is 0 Å². The van der Waals surface area contributed by atoms with Crippen molar-refractivity contribution in [3.63, 3.8) is 0 Å². The van der Waals surface area contributed by atoms with Gasteiger partial charge in [-0.25, -0.2) is 26.3 Å². The number of ether oxygens (including phenoxy) is 3. The molecule has 0 aliphatic heterocycles. The van der Waals surface area contributed by atoms with Crippen molar-refractivity contribution in [1.82, 2.24) is 0 Å². The first-order valence-electron chi connectivity index (χ1n) is 21.5. The Balaban J connectivity index is 0.974. The van der Waals surface area contributed by atoms with Gasteiger partial charge in [-0.2, -0.15) is 8.78 Å². The second kappa shape index (κ2) is 18.8. The maximum atomic E-state index is 15.4. The highest BCUT2D eigenvalue weighted by Crippen LogP contribution is 2.42. The van der Waals surface area contributed by atoms with Crippen LogP contribution >= 0.6 is 0 Å². The molecule has 1 aliphatic carbocycles. The van der Waals surface area contributed by atoms with Crippen LogP contribution in [-0.2, 0) is 5.41 Å². The summed E-state index contributed by atoms with van der Waals surface area (Å²) in [5.41, 5.74) is -3.74. The quantitative estimate of drug-likeness (QED) is 0.0656. The van der Waals surface area contributed by atoms with Gasteiger partial charge in [-0.15, -0.1) is 0 Å². The molecule has 5 nitrogen and oxygen atoms in total. The third kappa shape index (κ3) is 9.71. The fraction of sp³-hybridized carbons (Fsp3) is 0.283. The summed E-state index contributed by atoms with van der Waals surface area (Å²) in [5.74, 6) is -17.3. The van der Waals surface area contributed by atoms with Crippen molar-refractivity contribution in [2.75, 3.05) is 0 Å². The zero-order valence-electron chi connectivity index (χ0n) is 37.0. The van der Waals surface area contributed by atoms with E-state index < -0.39 is 86.0 Å². The Kier molecular flexibility index (Phi) is 13.5.